The van der Waals surface area contributed by atoms with Gasteiger partial charge in [-0.3, -0.25) is 15.0 Å². The summed E-state index contributed by atoms with van der Waals surface area (Å²) in [5.41, 5.74) is 3.70. The molecule has 0 bridgehead atoms. The zero-order valence-electron chi connectivity index (χ0n) is 17.5. The molecule has 1 fully saturated rings. The summed E-state index contributed by atoms with van der Waals surface area (Å²) in [6, 6.07) is 15.9. The number of carbonyl (C=O) groups is 3. The number of amides is 4. The number of imide groups is 1. The van der Waals surface area contributed by atoms with Crippen LogP contribution in [0.25, 0.3) is 5.69 Å². The maximum Gasteiger partial charge on any atom is 0.344 e. The Hall–Kier alpha value is -3.73. The largest absolute Gasteiger partial charge is 0.344 e. The molecule has 1 aliphatic rings. The first-order chi connectivity index (χ1) is 15.4. The van der Waals surface area contributed by atoms with Gasteiger partial charge in [0.2, 0.25) is 11.1 Å². The molecule has 2 heterocycles. The predicted molar refractivity (Wildman–Crippen MR) is 117 cm³/mol. The number of nitrogens with zero attached hydrogens (tertiary/aromatic N) is 5. The van der Waals surface area contributed by atoms with Crippen LogP contribution in [0, 0.1) is 6.92 Å². The lowest BCUT2D eigenvalue weighted by Crippen LogP contribution is -2.49. The zero-order chi connectivity index (χ0) is 22.7. The Bertz CT molecular complexity index is 1150. The highest BCUT2D eigenvalue weighted by Gasteiger charge is 2.52. The number of rotatable bonds is 7. The van der Waals surface area contributed by atoms with Gasteiger partial charge in [0, 0.05) is 0 Å². The Balaban J connectivity index is 1.43. The highest BCUT2D eigenvalue weighted by Crippen LogP contribution is 2.31. The molecule has 1 aliphatic heterocycles. The number of hydrazine groups is 1. The molecule has 164 valence electrons. The molecule has 32 heavy (non-hydrogen) atoms. The number of hydrogen-bond donors (Lipinski definition) is 2. The Kier molecular flexibility index (Phi) is 5.91. The second-order valence-electron chi connectivity index (χ2n) is 7.23. The molecule has 0 aliphatic carbocycles. The lowest BCUT2D eigenvalue weighted by molar-refractivity contribution is -0.138. The lowest BCUT2D eigenvalue weighted by Gasteiger charge is -2.25. The molecule has 4 amide bonds. The van der Waals surface area contributed by atoms with Gasteiger partial charge in [-0.2, -0.15) is 9.69 Å². The van der Waals surface area contributed by atoms with Gasteiger partial charge in [-0.1, -0.05) is 66.7 Å². The van der Waals surface area contributed by atoms with Gasteiger partial charge in [-0.05, 0) is 41.5 Å². The highest BCUT2D eigenvalue weighted by molar-refractivity contribution is 7.99. The number of tetrazole rings is 1. The van der Waals surface area contributed by atoms with E-state index in [1.807, 2.05) is 37.3 Å². The molecule has 1 unspecified atom stereocenters. The Morgan fingerprint density at radius 3 is 2.53 bits per heavy atom. The van der Waals surface area contributed by atoms with E-state index in [4.69, 9.17) is 0 Å². The Morgan fingerprint density at radius 2 is 1.84 bits per heavy atom. The van der Waals surface area contributed by atoms with Crippen molar-refractivity contribution in [3.63, 3.8) is 0 Å². The molecule has 1 aromatic heterocycles. The molecule has 0 radical (unpaired) electrons. The highest BCUT2D eigenvalue weighted by atomic mass is 32.2. The van der Waals surface area contributed by atoms with Gasteiger partial charge in [-0.25, -0.2) is 4.79 Å². The summed E-state index contributed by atoms with van der Waals surface area (Å²) in [5.74, 6) is -1.15. The van der Waals surface area contributed by atoms with Crippen molar-refractivity contribution in [2.45, 2.75) is 31.0 Å². The van der Waals surface area contributed by atoms with E-state index in [1.165, 1.54) is 4.68 Å². The van der Waals surface area contributed by atoms with Crippen LogP contribution in [0.2, 0.25) is 0 Å². The summed E-state index contributed by atoms with van der Waals surface area (Å²) in [5, 5.41) is 15.5. The first-order valence-corrected chi connectivity index (χ1v) is 10.9. The molecule has 2 N–H and O–H groups in total. The van der Waals surface area contributed by atoms with E-state index in [-0.39, 0.29) is 5.75 Å². The van der Waals surface area contributed by atoms with Crippen LogP contribution in [0.4, 0.5) is 4.79 Å². The molecule has 2 aromatic carbocycles. The van der Waals surface area contributed by atoms with Gasteiger partial charge in [-0.15, -0.1) is 5.10 Å². The van der Waals surface area contributed by atoms with Crippen molar-refractivity contribution in [2.75, 3.05) is 5.75 Å². The van der Waals surface area contributed by atoms with Crippen LogP contribution < -0.4 is 10.7 Å². The van der Waals surface area contributed by atoms with E-state index in [9.17, 15) is 14.4 Å². The number of carbonyl (C=O) groups excluding carboxylic acids is 3. The van der Waals surface area contributed by atoms with Gasteiger partial charge in [0.25, 0.3) is 5.91 Å². The molecular weight excluding hydrogens is 430 g/mol. The van der Waals surface area contributed by atoms with Gasteiger partial charge in [0.1, 0.15) is 5.54 Å². The van der Waals surface area contributed by atoms with E-state index in [1.54, 1.807) is 31.2 Å². The number of thioether (sulfide) groups is 1. The average molecular weight is 452 g/mol. The molecule has 1 atom stereocenters. The van der Waals surface area contributed by atoms with Crippen molar-refractivity contribution >= 4 is 29.6 Å². The molecule has 1 saturated heterocycles. The first kappa shape index (κ1) is 21.5. The summed E-state index contributed by atoms with van der Waals surface area (Å²) >= 11 is 1.09. The van der Waals surface area contributed by atoms with Crippen LogP contribution >= 0.6 is 11.8 Å². The van der Waals surface area contributed by atoms with Crippen molar-refractivity contribution < 1.29 is 14.4 Å². The maximum absolute atomic E-state index is 13.1. The SMILES string of the molecule is CCC1(c2ccccc2)NC(=O)N(NC(=O)CSc2nnnn2-c2ccc(C)cc2)C1=O. The normalized spacial score (nSPS) is 18.0. The van der Waals surface area contributed by atoms with Crippen LogP contribution in [0.3, 0.4) is 0 Å². The Labute approximate surface area is 188 Å². The average Bonchev–Trinajstić information content (AvgIpc) is 3.37. The molecule has 10 nitrogen and oxygen atoms in total. The fraction of sp³-hybridized carbons (Fsp3) is 0.238. The second-order valence-corrected chi connectivity index (χ2v) is 8.17. The van der Waals surface area contributed by atoms with E-state index in [0.29, 0.717) is 17.1 Å². The van der Waals surface area contributed by atoms with Crippen LogP contribution in [0.1, 0.15) is 24.5 Å². The van der Waals surface area contributed by atoms with Crippen molar-refractivity contribution in [3.05, 3.63) is 65.7 Å². The molecule has 0 spiro atoms. The molecule has 0 saturated carbocycles. The van der Waals surface area contributed by atoms with Crippen LogP contribution in [-0.2, 0) is 15.1 Å². The van der Waals surface area contributed by atoms with Crippen LogP contribution in [0.15, 0.2) is 59.8 Å². The van der Waals surface area contributed by atoms with E-state index in [0.717, 1.165) is 28.0 Å². The summed E-state index contributed by atoms with van der Waals surface area (Å²) in [4.78, 5) is 38.1. The van der Waals surface area contributed by atoms with Gasteiger partial charge >= 0.3 is 6.03 Å². The maximum atomic E-state index is 13.1. The minimum atomic E-state index is -1.21. The summed E-state index contributed by atoms with van der Waals surface area (Å²) < 4.78 is 1.52. The Morgan fingerprint density at radius 1 is 1.12 bits per heavy atom. The van der Waals surface area contributed by atoms with Crippen molar-refractivity contribution in [3.8, 4) is 5.69 Å². The number of aryl methyl sites for hydroxylation is 1. The molecule has 11 heteroatoms. The van der Waals surface area contributed by atoms with Crippen LogP contribution in [0.5, 0.6) is 0 Å². The third kappa shape index (κ3) is 3.94. The quantitative estimate of drug-likeness (QED) is 0.416. The first-order valence-electron chi connectivity index (χ1n) is 9.94. The number of urea groups is 1. The standard InChI is InChI=1S/C21H21N7O3S/c1-3-21(15-7-5-4-6-8-15)18(30)28(19(31)22-21)24-17(29)13-32-20-23-25-26-27(20)16-11-9-14(2)10-12-16/h4-12H,3,13H2,1-2H3,(H,22,31)(H,24,29). The minimum Gasteiger partial charge on any atom is -0.318 e. The van der Waals surface area contributed by atoms with E-state index >= 15 is 0 Å². The van der Waals surface area contributed by atoms with Gasteiger partial charge in [0.15, 0.2) is 0 Å². The van der Waals surface area contributed by atoms with Crippen molar-refractivity contribution in [1.82, 2.24) is 36.0 Å². The number of nitrogens with one attached hydrogen (secondary N) is 2. The van der Waals surface area contributed by atoms with Gasteiger partial charge in [0.05, 0.1) is 11.4 Å². The van der Waals surface area contributed by atoms with E-state index in [2.05, 4.69) is 26.3 Å². The zero-order valence-corrected chi connectivity index (χ0v) is 18.3. The number of benzene rings is 2. The fourth-order valence-corrected chi connectivity index (χ4v) is 4.13. The summed E-state index contributed by atoms with van der Waals surface area (Å²) in [6.45, 7) is 3.78. The third-order valence-electron chi connectivity index (χ3n) is 5.18. The summed E-state index contributed by atoms with van der Waals surface area (Å²) in [6.07, 6.45) is 0.341. The fourth-order valence-electron chi connectivity index (χ4n) is 3.44. The topological polar surface area (TPSA) is 122 Å². The number of aromatic nitrogens is 4. The predicted octanol–water partition coefficient (Wildman–Crippen LogP) is 1.95. The lowest BCUT2D eigenvalue weighted by atomic mass is 9.87. The monoisotopic (exact) mass is 451 g/mol. The molecule has 3 aromatic rings. The van der Waals surface area contributed by atoms with Crippen molar-refractivity contribution in [2.24, 2.45) is 0 Å². The smallest absolute Gasteiger partial charge is 0.318 e. The van der Waals surface area contributed by atoms with Crippen LogP contribution in [-0.4, -0.2) is 48.8 Å². The number of hydrogen-bond acceptors (Lipinski definition) is 7. The summed E-state index contributed by atoms with van der Waals surface area (Å²) in [7, 11) is 0. The van der Waals surface area contributed by atoms with Gasteiger partial charge < -0.3 is 5.32 Å². The molecule has 4 rings (SSSR count). The minimum absolute atomic E-state index is 0.0895. The molecular formula is C21H21N7O3S. The third-order valence-corrected chi connectivity index (χ3v) is 6.10. The van der Waals surface area contributed by atoms with E-state index < -0.39 is 23.4 Å². The van der Waals surface area contributed by atoms with Crippen molar-refractivity contribution in [1.29, 1.82) is 0 Å². The second kappa shape index (κ2) is 8.79.